The molecule has 1 heterocycles. The number of amides is 2. The van der Waals surface area contributed by atoms with Crippen LogP contribution in [0.1, 0.15) is 13.8 Å². The van der Waals surface area contributed by atoms with Gasteiger partial charge in [-0.1, -0.05) is 5.92 Å². The second-order valence-corrected chi connectivity index (χ2v) is 5.14. The third-order valence-corrected chi connectivity index (χ3v) is 3.34. The predicted octanol–water partition coefficient (Wildman–Crippen LogP) is -0.369. The van der Waals surface area contributed by atoms with E-state index in [-0.39, 0.29) is 11.4 Å². The van der Waals surface area contributed by atoms with Crippen molar-refractivity contribution >= 4 is 12.3 Å². The highest BCUT2D eigenvalue weighted by Crippen LogP contribution is 2.07. The van der Waals surface area contributed by atoms with E-state index in [4.69, 9.17) is 0 Å². The molecule has 100 valence electrons. The van der Waals surface area contributed by atoms with Gasteiger partial charge in [-0.25, -0.2) is 0 Å². The Morgan fingerprint density at radius 2 is 1.78 bits per heavy atom. The second-order valence-electron chi connectivity index (χ2n) is 5.14. The van der Waals surface area contributed by atoms with Crippen molar-refractivity contribution in [3.63, 3.8) is 0 Å². The summed E-state index contributed by atoms with van der Waals surface area (Å²) in [7, 11) is 3.87. The minimum absolute atomic E-state index is 0.157. The van der Waals surface area contributed by atoms with Crippen LogP contribution in [0.3, 0.4) is 0 Å². The molecule has 1 aliphatic heterocycles. The Hall–Kier alpha value is -1.54. The lowest BCUT2D eigenvalue weighted by molar-refractivity contribution is -0.130. The lowest BCUT2D eigenvalue weighted by Crippen LogP contribution is -2.48. The van der Waals surface area contributed by atoms with Crippen LogP contribution in [-0.4, -0.2) is 72.8 Å². The number of nitrogens with zero attached hydrogens (tertiary/aromatic N) is 3. The monoisotopic (exact) mass is 251 g/mol. The van der Waals surface area contributed by atoms with Crippen LogP contribution in [0.15, 0.2) is 0 Å². The predicted molar refractivity (Wildman–Crippen MR) is 69.8 cm³/mol. The van der Waals surface area contributed by atoms with Crippen molar-refractivity contribution in [2.75, 3.05) is 40.3 Å². The molecule has 0 bridgehead atoms. The van der Waals surface area contributed by atoms with Crippen molar-refractivity contribution in [3.05, 3.63) is 0 Å². The molecule has 0 atom stereocenters. The van der Waals surface area contributed by atoms with Crippen molar-refractivity contribution in [1.29, 1.82) is 0 Å². The molecule has 0 aromatic heterocycles. The number of carbonyl (C=O) groups is 2. The highest BCUT2D eigenvalue weighted by molar-refractivity contribution is 5.93. The van der Waals surface area contributed by atoms with Crippen molar-refractivity contribution in [2.24, 2.45) is 0 Å². The fourth-order valence-electron chi connectivity index (χ4n) is 1.43. The standard InChI is InChI=1S/C13H21N3O2/c1-13(2,14(3)4)6-5-12(18)16-9-7-15(11-17)8-10-16/h11H,7-10H2,1-4H3. The van der Waals surface area contributed by atoms with E-state index >= 15 is 0 Å². The van der Waals surface area contributed by atoms with Crippen LogP contribution in [0.4, 0.5) is 0 Å². The van der Waals surface area contributed by atoms with Crippen molar-refractivity contribution in [1.82, 2.24) is 14.7 Å². The lowest BCUT2D eigenvalue weighted by Gasteiger charge is -2.31. The average molecular weight is 251 g/mol. The van der Waals surface area contributed by atoms with Crippen LogP contribution >= 0.6 is 0 Å². The Balaban J connectivity index is 2.57. The summed E-state index contributed by atoms with van der Waals surface area (Å²) < 4.78 is 0. The summed E-state index contributed by atoms with van der Waals surface area (Å²) in [5.41, 5.74) is -0.319. The van der Waals surface area contributed by atoms with Crippen LogP contribution in [0.25, 0.3) is 0 Å². The molecule has 0 aromatic rings. The van der Waals surface area contributed by atoms with Gasteiger partial charge in [-0.3, -0.25) is 14.5 Å². The van der Waals surface area contributed by atoms with Crippen LogP contribution in [0.5, 0.6) is 0 Å². The van der Waals surface area contributed by atoms with Gasteiger partial charge in [0.25, 0.3) is 5.91 Å². The molecule has 0 N–H and O–H groups in total. The van der Waals surface area contributed by atoms with Crippen molar-refractivity contribution in [3.8, 4) is 11.8 Å². The fourth-order valence-corrected chi connectivity index (χ4v) is 1.43. The highest BCUT2D eigenvalue weighted by atomic mass is 16.2. The molecule has 1 fully saturated rings. The Labute approximate surface area is 109 Å². The van der Waals surface area contributed by atoms with E-state index in [2.05, 4.69) is 11.8 Å². The van der Waals surface area contributed by atoms with Gasteiger partial charge in [0.05, 0.1) is 5.54 Å². The molecular weight excluding hydrogens is 230 g/mol. The molecule has 0 saturated carbocycles. The highest BCUT2D eigenvalue weighted by Gasteiger charge is 2.20. The normalized spacial score (nSPS) is 16.3. The number of piperazine rings is 1. The first kappa shape index (κ1) is 14.5. The van der Waals surface area contributed by atoms with Crippen LogP contribution in [-0.2, 0) is 9.59 Å². The summed E-state index contributed by atoms with van der Waals surface area (Å²) in [6, 6.07) is 0. The maximum Gasteiger partial charge on any atom is 0.298 e. The van der Waals surface area contributed by atoms with Crippen LogP contribution in [0.2, 0.25) is 0 Å². The Morgan fingerprint density at radius 1 is 1.22 bits per heavy atom. The van der Waals surface area contributed by atoms with E-state index in [9.17, 15) is 9.59 Å². The molecule has 1 rings (SSSR count). The van der Waals surface area contributed by atoms with Gasteiger partial charge in [0.1, 0.15) is 0 Å². The van der Waals surface area contributed by atoms with Crippen molar-refractivity contribution < 1.29 is 9.59 Å². The van der Waals surface area contributed by atoms with Crippen molar-refractivity contribution in [2.45, 2.75) is 19.4 Å². The van der Waals surface area contributed by atoms with Crippen LogP contribution < -0.4 is 0 Å². The van der Waals surface area contributed by atoms with Gasteiger partial charge in [0.15, 0.2) is 0 Å². The maximum absolute atomic E-state index is 11.9. The van der Waals surface area contributed by atoms with Gasteiger partial charge in [-0.2, -0.15) is 0 Å². The first-order chi connectivity index (χ1) is 8.36. The maximum atomic E-state index is 11.9. The first-order valence-electron chi connectivity index (χ1n) is 6.05. The third kappa shape index (κ3) is 3.74. The molecule has 0 unspecified atom stereocenters. The van der Waals surface area contributed by atoms with Gasteiger partial charge in [0, 0.05) is 26.2 Å². The molecule has 5 nitrogen and oxygen atoms in total. The van der Waals surface area contributed by atoms with Gasteiger partial charge in [-0.05, 0) is 33.9 Å². The molecule has 1 saturated heterocycles. The SMILES string of the molecule is CN(C)C(C)(C)C#CC(=O)N1CCN(C=O)CC1. The topological polar surface area (TPSA) is 43.9 Å². The Morgan fingerprint density at radius 3 is 2.22 bits per heavy atom. The number of hydrogen-bond donors (Lipinski definition) is 0. The summed E-state index contributed by atoms with van der Waals surface area (Å²) in [4.78, 5) is 27.8. The molecule has 0 aromatic carbocycles. The minimum Gasteiger partial charge on any atom is -0.342 e. The van der Waals surface area contributed by atoms with E-state index in [1.54, 1.807) is 9.80 Å². The van der Waals surface area contributed by atoms with Gasteiger partial charge in [0.2, 0.25) is 6.41 Å². The van der Waals surface area contributed by atoms with Gasteiger partial charge >= 0.3 is 0 Å². The van der Waals surface area contributed by atoms with E-state index in [0.717, 1.165) is 6.41 Å². The third-order valence-electron chi connectivity index (χ3n) is 3.34. The summed E-state index contributed by atoms with van der Waals surface area (Å²) >= 11 is 0. The zero-order valence-electron chi connectivity index (χ0n) is 11.6. The second kappa shape index (κ2) is 5.87. The van der Waals surface area contributed by atoms with Gasteiger partial charge in [-0.15, -0.1) is 0 Å². The molecule has 2 amide bonds. The first-order valence-corrected chi connectivity index (χ1v) is 6.05. The molecule has 1 aliphatic rings. The fraction of sp³-hybridized carbons (Fsp3) is 0.692. The van der Waals surface area contributed by atoms with Crippen LogP contribution in [0, 0.1) is 11.8 Å². The molecular formula is C13H21N3O2. The zero-order chi connectivity index (χ0) is 13.8. The Bertz CT molecular complexity index is 371. The molecule has 0 radical (unpaired) electrons. The molecule has 18 heavy (non-hydrogen) atoms. The zero-order valence-corrected chi connectivity index (χ0v) is 11.6. The summed E-state index contributed by atoms with van der Waals surface area (Å²) in [6.45, 7) is 6.25. The summed E-state index contributed by atoms with van der Waals surface area (Å²) in [5, 5.41) is 0. The molecule has 0 aliphatic carbocycles. The van der Waals surface area contributed by atoms with Gasteiger partial charge < -0.3 is 9.80 Å². The smallest absolute Gasteiger partial charge is 0.298 e. The quantitative estimate of drug-likeness (QED) is 0.497. The average Bonchev–Trinajstić information content (AvgIpc) is 2.36. The number of rotatable bonds is 2. The van der Waals surface area contributed by atoms with E-state index in [1.807, 2.05) is 32.8 Å². The number of hydrogen-bond acceptors (Lipinski definition) is 3. The minimum atomic E-state index is -0.319. The molecule has 5 heteroatoms. The van der Waals surface area contributed by atoms with E-state index in [0.29, 0.717) is 26.2 Å². The summed E-state index contributed by atoms with van der Waals surface area (Å²) in [5.74, 6) is 5.52. The largest absolute Gasteiger partial charge is 0.342 e. The lowest BCUT2D eigenvalue weighted by atomic mass is 10.1. The molecule has 0 spiro atoms. The Kier molecular flexibility index (Phi) is 4.74. The number of carbonyl (C=O) groups excluding carboxylic acids is 2. The summed E-state index contributed by atoms with van der Waals surface area (Å²) in [6.07, 6.45) is 0.822. The van der Waals surface area contributed by atoms with E-state index in [1.165, 1.54) is 0 Å². The van der Waals surface area contributed by atoms with E-state index < -0.39 is 0 Å².